The third-order valence-corrected chi connectivity index (χ3v) is 7.30. The molecule has 0 amide bonds. The fourth-order valence-electron chi connectivity index (χ4n) is 5.78. The van der Waals surface area contributed by atoms with E-state index in [0.717, 1.165) is 49.7 Å². The van der Waals surface area contributed by atoms with Gasteiger partial charge in [-0.15, -0.1) is 0 Å². The summed E-state index contributed by atoms with van der Waals surface area (Å²) in [6.07, 6.45) is 11.2. The molecule has 3 unspecified atom stereocenters. The maximum atomic E-state index is 13.2. The SMILES string of the molecule is CCCCCCc1ccc(C)c2c1CC(CC(CCC)C(CC)C(=O)CC(C)=O)CC2=O. The van der Waals surface area contributed by atoms with Gasteiger partial charge in [0.1, 0.15) is 11.6 Å². The van der Waals surface area contributed by atoms with Gasteiger partial charge in [0.25, 0.3) is 0 Å². The van der Waals surface area contributed by atoms with E-state index in [1.807, 2.05) is 0 Å². The predicted molar refractivity (Wildman–Crippen MR) is 132 cm³/mol. The van der Waals surface area contributed by atoms with E-state index in [4.69, 9.17) is 0 Å². The summed E-state index contributed by atoms with van der Waals surface area (Å²) in [7, 11) is 0. The first-order chi connectivity index (χ1) is 15.3. The fraction of sp³-hybridized carbons (Fsp3) is 0.690. The molecule has 0 saturated carbocycles. The number of carbonyl (C=O) groups excluding carboxylic acids is 3. The van der Waals surface area contributed by atoms with E-state index in [1.165, 1.54) is 43.7 Å². The second-order valence-electron chi connectivity index (χ2n) is 10.0. The van der Waals surface area contributed by atoms with Crippen LogP contribution < -0.4 is 0 Å². The predicted octanol–water partition coefficient (Wildman–Crippen LogP) is 7.24. The normalized spacial score (nSPS) is 17.7. The molecule has 3 atom stereocenters. The van der Waals surface area contributed by atoms with Gasteiger partial charge in [0.15, 0.2) is 5.78 Å². The molecule has 1 aromatic carbocycles. The van der Waals surface area contributed by atoms with Crippen molar-refractivity contribution in [3.63, 3.8) is 0 Å². The topological polar surface area (TPSA) is 51.2 Å². The number of Topliss-reactive ketones (excluding diaryl/α,β-unsaturated/α-hetero) is 3. The molecule has 0 bridgehead atoms. The summed E-state index contributed by atoms with van der Waals surface area (Å²) in [5, 5.41) is 0. The molecule has 1 aromatic rings. The Morgan fingerprint density at radius 2 is 1.78 bits per heavy atom. The molecule has 0 heterocycles. The largest absolute Gasteiger partial charge is 0.300 e. The highest BCUT2D eigenvalue weighted by atomic mass is 16.1. The van der Waals surface area contributed by atoms with E-state index in [9.17, 15) is 14.4 Å². The molecule has 0 radical (unpaired) electrons. The van der Waals surface area contributed by atoms with Crippen LogP contribution >= 0.6 is 0 Å². The Morgan fingerprint density at radius 1 is 1.03 bits per heavy atom. The van der Waals surface area contributed by atoms with E-state index in [-0.39, 0.29) is 35.6 Å². The summed E-state index contributed by atoms with van der Waals surface area (Å²) in [5.74, 6) is 0.807. The van der Waals surface area contributed by atoms with E-state index in [1.54, 1.807) is 0 Å². The summed E-state index contributed by atoms with van der Waals surface area (Å²) in [6, 6.07) is 4.37. The van der Waals surface area contributed by atoms with Crippen LogP contribution in [-0.2, 0) is 22.4 Å². The van der Waals surface area contributed by atoms with Crippen molar-refractivity contribution >= 4 is 17.3 Å². The smallest absolute Gasteiger partial charge is 0.163 e. The molecule has 3 heteroatoms. The van der Waals surface area contributed by atoms with Gasteiger partial charge in [0.2, 0.25) is 0 Å². The standard InChI is InChI=1S/C29H44O3/c1-6-9-10-11-13-23-15-14-20(4)29-26(23)18-22(19-28(29)32)17-24(12-7-2)25(8-3)27(31)16-21(5)30/h14-15,22,24-25H,6-13,16-19H2,1-5H3. The Bertz CT molecular complexity index is 792. The lowest BCUT2D eigenvalue weighted by molar-refractivity contribution is -0.129. The van der Waals surface area contributed by atoms with E-state index < -0.39 is 0 Å². The number of fused-ring (bicyclic) bond motifs is 1. The summed E-state index contributed by atoms with van der Waals surface area (Å²) in [6.45, 7) is 10.0. The molecular formula is C29H44O3. The van der Waals surface area contributed by atoms with Crippen LogP contribution in [0.15, 0.2) is 12.1 Å². The second-order valence-corrected chi connectivity index (χ2v) is 10.0. The first kappa shape index (κ1) is 26.5. The number of rotatable bonds is 14. The number of carbonyl (C=O) groups is 3. The van der Waals surface area contributed by atoms with Gasteiger partial charge in [-0.2, -0.15) is 0 Å². The molecule has 0 N–H and O–H groups in total. The van der Waals surface area contributed by atoms with Crippen molar-refractivity contribution in [1.29, 1.82) is 0 Å². The maximum absolute atomic E-state index is 13.2. The highest BCUT2D eigenvalue weighted by Gasteiger charge is 2.33. The quantitative estimate of drug-likeness (QED) is 0.226. The summed E-state index contributed by atoms with van der Waals surface area (Å²) < 4.78 is 0. The van der Waals surface area contributed by atoms with Crippen molar-refractivity contribution in [2.24, 2.45) is 17.8 Å². The monoisotopic (exact) mass is 440 g/mol. The van der Waals surface area contributed by atoms with Crippen LogP contribution in [0, 0.1) is 24.7 Å². The number of hydrogen-bond acceptors (Lipinski definition) is 3. The molecule has 178 valence electrons. The first-order valence-electron chi connectivity index (χ1n) is 13.0. The van der Waals surface area contributed by atoms with Crippen molar-refractivity contribution in [1.82, 2.24) is 0 Å². The van der Waals surface area contributed by atoms with Gasteiger partial charge in [0, 0.05) is 17.9 Å². The van der Waals surface area contributed by atoms with Crippen molar-refractivity contribution in [3.05, 3.63) is 34.4 Å². The highest BCUT2D eigenvalue weighted by molar-refractivity contribution is 6.00. The lowest BCUT2D eigenvalue weighted by Gasteiger charge is -2.32. The van der Waals surface area contributed by atoms with E-state index in [0.29, 0.717) is 12.3 Å². The van der Waals surface area contributed by atoms with Crippen LogP contribution in [0.5, 0.6) is 0 Å². The molecule has 0 aromatic heterocycles. The summed E-state index contributed by atoms with van der Waals surface area (Å²) >= 11 is 0. The first-order valence-corrected chi connectivity index (χ1v) is 13.0. The van der Waals surface area contributed by atoms with Gasteiger partial charge in [-0.25, -0.2) is 0 Å². The zero-order valence-electron chi connectivity index (χ0n) is 21.1. The average Bonchev–Trinajstić information content (AvgIpc) is 2.72. The number of aryl methyl sites for hydroxylation is 2. The van der Waals surface area contributed by atoms with Crippen LogP contribution in [0.4, 0.5) is 0 Å². The van der Waals surface area contributed by atoms with Gasteiger partial charge >= 0.3 is 0 Å². The molecule has 1 aliphatic rings. The average molecular weight is 441 g/mol. The van der Waals surface area contributed by atoms with Crippen molar-refractivity contribution in [3.8, 4) is 0 Å². The van der Waals surface area contributed by atoms with Crippen molar-refractivity contribution in [2.45, 2.75) is 112 Å². The third-order valence-electron chi connectivity index (χ3n) is 7.30. The molecule has 0 saturated heterocycles. The molecule has 3 nitrogen and oxygen atoms in total. The Hall–Kier alpha value is -1.77. The Labute approximate surface area is 195 Å². The van der Waals surface area contributed by atoms with Gasteiger partial charge < -0.3 is 0 Å². The summed E-state index contributed by atoms with van der Waals surface area (Å²) in [5.41, 5.74) is 4.71. The van der Waals surface area contributed by atoms with Gasteiger partial charge in [-0.3, -0.25) is 14.4 Å². The fourth-order valence-corrected chi connectivity index (χ4v) is 5.78. The molecule has 0 aliphatic heterocycles. The van der Waals surface area contributed by atoms with Crippen LogP contribution in [0.25, 0.3) is 0 Å². The van der Waals surface area contributed by atoms with Crippen LogP contribution in [-0.4, -0.2) is 17.3 Å². The van der Waals surface area contributed by atoms with Crippen LogP contribution in [0.3, 0.4) is 0 Å². The molecule has 2 rings (SSSR count). The van der Waals surface area contributed by atoms with Crippen molar-refractivity contribution in [2.75, 3.05) is 0 Å². The lowest BCUT2D eigenvalue weighted by Crippen LogP contribution is -2.30. The second kappa shape index (κ2) is 13.1. The minimum absolute atomic E-state index is 0.0475. The maximum Gasteiger partial charge on any atom is 0.163 e. The zero-order chi connectivity index (χ0) is 23.7. The number of benzene rings is 1. The van der Waals surface area contributed by atoms with Gasteiger partial charge in [-0.05, 0) is 74.5 Å². The van der Waals surface area contributed by atoms with Gasteiger partial charge in [0.05, 0.1) is 6.42 Å². The molecule has 1 aliphatic carbocycles. The number of hydrogen-bond donors (Lipinski definition) is 0. The van der Waals surface area contributed by atoms with Crippen LogP contribution in [0.2, 0.25) is 0 Å². The minimum atomic E-state index is -0.0682. The van der Waals surface area contributed by atoms with Crippen molar-refractivity contribution < 1.29 is 14.4 Å². The zero-order valence-corrected chi connectivity index (χ0v) is 21.1. The molecule has 0 fully saturated rings. The van der Waals surface area contributed by atoms with Crippen LogP contribution in [0.1, 0.15) is 119 Å². The molecular weight excluding hydrogens is 396 g/mol. The minimum Gasteiger partial charge on any atom is -0.300 e. The van der Waals surface area contributed by atoms with E-state index >= 15 is 0 Å². The summed E-state index contributed by atoms with van der Waals surface area (Å²) in [4.78, 5) is 37.5. The molecule has 0 spiro atoms. The highest BCUT2D eigenvalue weighted by Crippen LogP contribution is 2.37. The van der Waals surface area contributed by atoms with E-state index in [2.05, 4.69) is 39.8 Å². The number of ketones is 3. The Kier molecular flexibility index (Phi) is 10.8. The third kappa shape index (κ3) is 7.12. The Morgan fingerprint density at radius 3 is 2.41 bits per heavy atom. The van der Waals surface area contributed by atoms with Gasteiger partial charge in [-0.1, -0.05) is 65.0 Å². The Balaban J connectivity index is 2.22. The lowest BCUT2D eigenvalue weighted by atomic mass is 9.71. The molecule has 32 heavy (non-hydrogen) atoms. The number of unbranched alkanes of at least 4 members (excludes halogenated alkanes) is 3.